The van der Waals surface area contributed by atoms with Gasteiger partial charge in [0.25, 0.3) is 0 Å². The Bertz CT molecular complexity index is 888. The van der Waals surface area contributed by atoms with E-state index < -0.39 is 5.97 Å². The zero-order valence-electron chi connectivity index (χ0n) is 16.0. The van der Waals surface area contributed by atoms with E-state index in [9.17, 15) is 14.4 Å². The van der Waals surface area contributed by atoms with E-state index in [4.69, 9.17) is 10.5 Å². The summed E-state index contributed by atoms with van der Waals surface area (Å²) in [4.78, 5) is 14.1. The molecule has 2 aromatic rings. The van der Waals surface area contributed by atoms with Crippen molar-refractivity contribution in [3.8, 4) is 6.07 Å². The molecule has 1 heterocycles. The van der Waals surface area contributed by atoms with Crippen molar-refractivity contribution in [1.29, 1.82) is 5.26 Å². The van der Waals surface area contributed by atoms with Gasteiger partial charge in [-0.2, -0.15) is 5.26 Å². The number of halogens is 1. The van der Waals surface area contributed by atoms with Gasteiger partial charge in [0.15, 0.2) is 0 Å². The van der Waals surface area contributed by atoms with Crippen LogP contribution in [0.1, 0.15) is 40.4 Å². The van der Waals surface area contributed by atoms with Crippen molar-refractivity contribution >= 4 is 11.7 Å². The first kappa shape index (κ1) is 19.8. The molecule has 0 fully saturated rings. The fourth-order valence-electron chi connectivity index (χ4n) is 3.58. The predicted molar refractivity (Wildman–Crippen MR) is 106 cm³/mol. The molecule has 0 aromatic heterocycles. The zero-order chi connectivity index (χ0) is 20.1. The smallest absolute Gasteiger partial charge is 0.338 e. The van der Waals surface area contributed by atoms with Crippen molar-refractivity contribution in [2.75, 3.05) is 24.6 Å². The van der Waals surface area contributed by atoms with Gasteiger partial charge in [0.2, 0.25) is 0 Å². The molecule has 0 radical (unpaired) electrons. The third kappa shape index (κ3) is 4.68. The number of carbonyl (C=O) groups excluding carboxylic acids is 1. The topological polar surface area (TPSA) is 79.3 Å². The van der Waals surface area contributed by atoms with Crippen molar-refractivity contribution in [2.24, 2.45) is 5.73 Å². The summed E-state index contributed by atoms with van der Waals surface area (Å²) in [5, 5.41) is 9.56. The van der Waals surface area contributed by atoms with Gasteiger partial charge in [-0.15, -0.1) is 0 Å². The summed E-state index contributed by atoms with van der Waals surface area (Å²) in [6.45, 7) is 3.77. The molecule has 5 nitrogen and oxygen atoms in total. The summed E-state index contributed by atoms with van der Waals surface area (Å²) in [5.74, 6) is -0.846. The molecule has 28 heavy (non-hydrogen) atoms. The Morgan fingerprint density at radius 1 is 1.36 bits per heavy atom. The lowest BCUT2D eigenvalue weighted by atomic mass is 9.99. The maximum absolute atomic E-state index is 12.9. The molecule has 0 saturated carbocycles. The predicted octanol–water partition coefficient (Wildman–Crippen LogP) is 3.20. The average Bonchev–Trinajstić information content (AvgIpc) is 3.07. The molecule has 6 heteroatoms. The molecule has 3 rings (SSSR count). The first-order chi connectivity index (χ1) is 13.5. The molecule has 0 bridgehead atoms. The number of nitrogens with two attached hydrogens (primary N) is 1. The molecule has 2 aromatic carbocycles. The number of rotatable bonds is 7. The number of esters is 1. The molecular formula is C22H24FN3O2. The molecular weight excluding hydrogens is 357 g/mol. The van der Waals surface area contributed by atoms with Gasteiger partial charge in [0.05, 0.1) is 23.4 Å². The quantitative estimate of drug-likeness (QED) is 0.589. The molecule has 1 aliphatic heterocycles. The number of fused-ring (bicyclic) bond motifs is 1. The number of hydrogen-bond donors (Lipinski definition) is 1. The SMILES string of the molecule is C[C@@H](N)Cc1cc(C#N)c2c(c1)CCN2CCCOC(=O)c1ccc(F)cc1. The average molecular weight is 381 g/mol. The van der Waals surface area contributed by atoms with Crippen LogP contribution in [0.2, 0.25) is 0 Å². The van der Waals surface area contributed by atoms with Crippen LogP contribution in [0.15, 0.2) is 36.4 Å². The highest BCUT2D eigenvalue weighted by Crippen LogP contribution is 2.33. The van der Waals surface area contributed by atoms with Crippen molar-refractivity contribution in [3.63, 3.8) is 0 Å². The van der Waals surface area contributed by atoms with Crippen LogP contribution in [0.4, 0.5) is 10.1 Å². The van der Waals surface area contributed by atoms with Crippen LogP contribution in [0.25, 0.3) is 0 Å². The summed E-state index contributed by atoms with van der Waals surface area (Å²) in [6, 6.07) is 11.7. The second-order valence-electron chi connectivity index (χ2n) is 7.18. The summed E-state index contributed by atoms with van der Waals surface area (Å²) in [6.07, 6.45) is 2.30. The highest BCUT2D eigenvalue weighted by molar-refractivity contribution is 5.89. The highest BCUT2D eigenvalue weighted by Gasteiger charge is 2.23. The Labute approximate surface area is 164 Å². The van der Waals surface area contributed by atoms with Crippen LogP contribution < -0.4 is 10.6 Å². The van der Waals surface area contributed by atoms with Gasteiger partial charge >= 0.3 is 5.97 Å². The van der Waals surface area contributed by atoms with Gasteiger partial charge in [0, 0.05) is 19.1 Å². The summed E-state index contributed by atoms with van der Waals surface area (Å²) >= 11 is 0. The van der Waals surface area contributed by atoms with Gasteiger partial charge in [0.1, 0.15) is 11.9 Å². The van der Waals surface area contributed by atoms with Crippen LogP contribution in [0, 0.1) is 17.1 Å². The van der Waals surface area contributed by atoms with E-state index in [2.05, 4.69) is 17.0 Å². The van der Waals surface area contributed by atoms with Crippen LogP contribution in [0.3, 0.4) is 0 Å². The minimum atomic E-state index is -0.458. The van der Waals surface area contributed by atoms with Crippen LogP contribution in [0.5, 0.6) is 0 Å². The fraction of sp³-hybridized carbons (Fsp3) is 0.364. The lowest BCUT2D eigenvalue weighted by molar-refractivity contribution is 0.0502. The number of anilines is 1. The van der Waals surface area contributed by atoms with E-state index >= 15 is 0 Å². The van der Waals surface area contributed by atoms with Crippen molar-refractivity contribution in [1.82, 2.24) is 0 Å². The maximum Gasteiger partial charge on any atom is 0.338 e. The third-order valence-corrected chi connectivity index (χ3v) is 4.78. The summed E-state index contributed by atoms with van der Waals surface area (Å²) < 4.78 is 18.2. The van der Waals surface area contributed by atoms with Gasteiger partial charge in [-0.05, 0) is 67.6 Å². The number of hydrogen-bond acceptors (Lipinski definition) is 5. The molecule has 0 spiro atoms. The van der Waals surface area contributed by atoms with Gasteiger partial charge in [-0.3, -0.25) is 0 Å². The first-order valence-electron chi connectivity index (χ1n) is 9.47. The standard InChI is InChI=1S/C22H24FN3O2/c1-15(25)11-16-12-18-7-9-26(21(18)19(13-16)14-24)8-2-10-28-22(27)17-3-5-20(23)6-4-17/h3-6,12-13,15H,2,7-11,25H2,1H3/t15-/m1/s1. The monoisotopic (exact) mass is 381 g/mol. The lowest BCUT2D eigenvalue weighted by Crippen LogP contribution is -2.24. The van der Waals surface area contributed by atoms with Gasteiger partial charge in [-0.1, -0.05) is 6.07 Å². The first-order valence-corrected chi connectivity index (χ1v) is 9.47. The summed E-state index contributed by atoms with van der Waals surface area (Å²) in [7, 11) is 0. The second kappa shape index (κ2) is 8.85. The molecule has 0 saturated heterocycles. The molecule has 0 aliphatic carbocycles. The highest BCUT2D eigenvalue weighted by atomic mass is 19.1. The molecule has 0 amide bonds. The largest absolute Gasteiger partial charge is 0.462 e. The molecule has 146 valence electrons. The molecule has 1 aliphatic rings. The van der Waals surface area contributed by atoms with E-state index in [1.165, 1.54) is 29.8 Å². The normalized spacial score (nSPS) is 13.7. The Balaban J connectivity index is 1.57. The Morgan fingerprint density at radius 3 is 2.79 bits per heavy atom. The van der Waals surface area contributed by atoms with E-state index in [-0.39, 0.29) is 18.5 Å². The Morgan fingerprint density at radius 2 is 2.11 bits per heavy atom. The lowest BCUT2D eigenvalue weighted by Gasteiger charge is -2.21. The minimum Gasteiger partial charge on any atom is -0.462 e. The van der Waals surface area contributed by atoms with E-state index in [0.717, 1.165) is 30.6 Å². The van der Waals surface area contributed by atoms with E-state index in [1.54, 1.807) is 0 Å². The van der Waals surface area contributed by atoms with Crippen LogP contribution in [-0.2, 0) is 17.6 Å². The second-order valence-corrected chi connectivity index (χ2v) is 7.18. The van der Waals surface area contributed by atoms with Gasteiger partial charge in [-0.25, -0.2) is 9.18 Å². The number of carbonyl (C=O) groups is 1. The van der Waals surface area contributed by atoms with Crippen molar-refractivity contribution < 1.29 is 13.9 Å². The Kier molecular flexibility index (Phi) is 6.27. The third-order valence-electron chi connectivity index (χ3n) is 4.78. The maximum atomic E-state index is 12.9. The molecule has 0 unspecified atom stereocenters. The van der Waals surface area contributed by atoms with Gasteiger partial charge < -0.3 is 15.4 Å². The summed E-state index contributed by atoms with van der Waals surface area (Å²) in [5.41, 5.74) is 10.2. The fourth-order valence-corrected chi connectivity index (χ4v) is 3.58. The zero-order valence-corrected chi connectivity index (χ0v) is 16.0. The number of benzene rings is 2. The van der Waals surface area contributed by atoms with E-state index in [0.29, 0.717) is 24.1 Å². The minimum absolute atomic E-state index is 0.0536. The van der Waals surface area contributed by atoms with Crippen molar-refractivity contribution in [3.05, 3.63) is 64.5 Å². The van der Waals surface area contributed by atoms with Crippen molar-refractivity contribution in [2.45, 2.75) is 32.2 Å². The number of nitriles is 1. The number of ether oxygens (including phenoxy) is 1. The molecule has 2 N–H and O–H groups in total. The Hall–Kier alpha value is -2.91. The van der Waals surface area contributed by atoms with Crippen LogP contribution in [-0.4, -0.2) is 31.7 Å². The van der Waals surface area contributed by atoms with Crippen LogP contribution >= 0.6 is 0 Å². The number of nitrogens with zero attached hydrogens (tertiary/aromatic N) is 2. The van der Waals surface area contributed by atoms with E-state index in [1.807, 2.05) is 13.0 Å². The molecule has 1 atom stereocenters.